The third kappa shape index (κ3) is 3.60. The maximum atomic E-state index is 11.7. The van der Waals surface area contributed by atoms with Crippen LogP contribution in [0, 0.1) is 0 Å². The first-order chi connectivity index (χ1) is 9.63. The highest BCUT2D eigenvalue weighted by molar-refractivity contribution is 7.14. The van der Waals surface area contributed by atoms with Crippen LogP contribution in [0.4, 0.5) is 0 Å². The van der Waals surface area contributed by atoms with Crippen LogP contribution in [0.2, 0.25) is 5.02 Å². The molecular weight excluding hydrogens is 294 g/mol. The molecule has 0 aliphatic rings. The van der Waals surface area contributed by atoms with Crippen LogP contribution in [-0.4, -0.2) is 20.1 Å². The molecule has 0 aliphatic carbocycles. The number of carbonyl (C=O) groups is 1. The second-order valence-corrected chi connectivity index (χ2v) is 5.95. The Labute approximate surface area is 127 Å². The largest absolute Gasteiger partial charge is 0.379 e. The predicted molar refractivity (Wildman–Crippen MR) is 82.7 cm³/mol. The van der Waals surface area contributed by atoms with Crippen molar-refractivity contribution in [2.45, 2.75) is 13.0 Å². The van der Waals surface area contributed by atoms with Gasteiger partial charge in [0.1, 0.15) is 0 Å². The molecule has 0 saturated carbocycles. The average Bonchev–Trinajstić information content (AvgIpc) is 2.81. The van der Waals surface area contributed by atoms with Crippen LogP contribution >= 0.6 is 22.9 Å². The van der Waals surface area contributed by atoms with Crippen LogP contribution in [0.25, 0.3) is 0 Å². The third-order valence-electron chi connectivity index (χ3n) is 2.91. The van der Waals surface area contributed by atoms with Crippen molar-refractivity contribution in [3.8, 4) is 0 Å². The van der Waals surface area contributed by atoms with Crippen molar-refractivity contribution < 1.29 is 9.53 Å². The Hall–Kier alpha value is -1.36. The highest BCUT2D eigenvalue weighted by Gasteiger charge is 2.14. The molecule has 1 aromatic carbocycles. The fourth-order valence-electron chi connectivity index (χ4n) is 1.97. The summed E-state index contributed by atoms with van der Waals surface area (Å²) in [5.41, 5.74) is 2.23. The lowest BCUT2D eigenvalue weighted by Gasteiger charge is -2.03. The molecule has 1 N–H and O–H groups in total. The summed E-state index contributed by atoms with van der Waals surface area (Å²) in [4.78, 5) is 13.5. The van der Waals surface area contributed by atoms with Gasteiger partial charge in [0.15, 0.2) is 0 Å². The summed E-state index contributed by atoms with van der Waals surface area (Å²) in [5.74, 6) is -0.0651. The molecule has 0 fully saturated rings. The number of amides is 1. The Morgan fingerprint density at radius 3 is 2.85 bits per heavy atom. The molecule has 0 radical (unpaired) electrons. The molecule has 5 heteroatoms. The van der Waals surface area contributed by atoms with Gasteiger partial charge in [0, 0.05) is 24.1 Å². The normalized spacial score (nSPS) is 10.6. The van der Waals surface area contributed by atoms with Gasteiger partial charge in [-0.3, -0.25) is 4.79 Å². The van der Waals surface area contributed by atoms with Crippen LogP contribution < -0.4 is 5.32 Å². The Morgan fingerprint density at radius 2 is 2.20 bits per heavy atom. The molecule has 1 heterocycles. The molecule has 1 amide bonds. The van der Waals surface area contributed by atoms with Gasteiger partial charge in [0.2, 0.25) is 0 Å². The maximum absolute atomic E-state index is 11.7. The van der Waals surface area contributed by atoms with Gasteiger partial charge < -0.3 is 10.1 Å². The molecule has 3 nitrogen and oxygen atoms in total. The summed E-state index contributed by atoms with van der Waals surface area (Å²) in [6.07, 6.45) is 0.743. The summed E-state index contributed by atoms with van der Waals surface area (Å²) < 4.78 is 5.21. The van der Waals surface area contributed by atoms with Crippen molar-refractivity contribution in [3.05, 3.63) is 56.2 Å². The topological polar surface area (TPSA) is 38.3 Å². The molecule has 20 heavy (non-hydrogen) atoms. The lowest BCUT2D eigenvalue weighted by Crippen LogP contribution is -2.16. The SMILES string of the molecule is CNC(=O)c1cc(Cc2cccc(Cl)c2)c(COC)s1. The van der Waals surface area contributed by atoms with E-state index >= 15 is 0 Å². The molecule has 2 rings (SSSR count). The summed E-state index contributed by atoms with van der Waals surface area (Å²) in [7, 11) is 3.29. The predicted octanol–water partition coefficient (Wildman–Crippen LogP) is 3.50. The van der Waals surface area contributed by atoms with E-state index in [1.807, 2.05) is 30.3 Å². The molecular formula is C15H16ClNO2S. The molecule has 0 unspecified atom stereocenters. The quantitative estimate of drug-likeness (QED) is 0.918. The van der Waals surface area contributed by atoms with Crippen LogP contribution in [0.3, 0.4) is 0 Å². The summed E-state index contributed by atoms with van der Waals surface area (Å²) in [5, 5.41) is 3.37. The van der Waals surface area contributed by atoms with Gasteiger partial charge in [-0.05, 0) is 35.7 Å². The minimum absolute atomic E-state index is 0.0651. The van der Waals surface area contributed by atoms with Crippen LogP contribution in [0.5, 0.6) is 0 Å². The zero-order chi connectivity index (χ0) is 14.5. The maximum Gasteiger partial charge on any atom is 0.261 e. The van der Waals surface area contributed by atoms with Crippen molar-refractivity contribution >= 4 is 28.8 Å². The number of halogens is 1. The van der Waals surface area contributed by atoms with Gasteiger partial charge in [0.25, 0.3) is 5.91 Å². The van der Waals surface area contributed by atoms with E-state index in [9.17, 15) is 4.79 Å². The average molecular weight is 310 g/mol. The van der Waals surface area contributed by atoms with Gasteiger partial charge in [-0.1, -0.05) is 23.7 Å². The first-order valence-corrected chi connectivity index (χ1v) is 7.40. The van der Waals surface area contributed by atoms with Crippen molar-refractivity contribution in [3.63, 3.8) is 0 Å². The van der Waals surface area contributed by atoms with E-state index in [0.717, 1.165) is 27.4 Å². The van der Waals surface area contributed by atoms with Gasteiger partial charge in [-0.25, -0.2) is 0 Å². The molecule has 2 aromatic rings. The van der Waals surface area contributed by atoms with E-state index in [0.29, 0.717) is 11.5 Å². The second-order valence-electron chi connectivity index (χ2n) is 4.38. The van der Waals surface area contributed by atoms with E-state index in [1.54, 1.807) is 14.2 Å². The molecule has 0 atom stereocenters. The lowest BCUT2D eigenvalue weighted by atomic mass is 10.1. The minimum Gasteiger partial charge on any atom is -0.379 e. The zero-order valence-electron chi connectivity index (χ0n) is 11.4. The molecule has 106 valence electrons. The Balaban J connectivity index is 2.29. The molecule has 0 aliphatic heterocycles. The molecule has 1 aromatic heterocycles. The van der Waals surface area contributed by atoms with Gasteiger partial charge in [0.05, 0.1) is 11.5 Å². The fourth-order valence-corrected chi connectivity index (χ4v) is 3.28. The van der Waals surface area contributed by atoms with Gasteiger partial charge in [-0.2, -0.15) is 0 Å². The Kier molecular flexibility index (Phi) is 5.17. The van der Waals surface area contributed by atoms with Crippen molar-refractivity contribution in [2.24, 2.45) is 0 Å². The van der Waals surface area contributed by atoms with E-state index in [-0.39, 0.29) is 5.91 Å². The van der Waals surface area contributed by atoms with E-state index in [4.69, 9.17) is 16.3 Å². The van der Waals surface area contributed by atoms with Crippen LogP contribution in [-0.2, 0) is 17.8 Å². The summed E-state index contributed by atoms with van der Waals surface area (Å²) >= 11 is 7.47. The number of thiophene rings is 1. The smallest absolute Gasteiger partial charge is 0.261 e. The van der Waals surface area contributed by atoms with E-state index in [2.05, 4.69) is 5.32 Å². The molecule has 0 spiro atoms. The fraction of sp³-hybridized carbons (Fsp3) is 0.267. The van der Waals surface area contributed by atoms with Crippen molar-refractivity contribution in [1.82, 2.24) is 5.32 Å². The minimum atomic E-state index is -0.0651. The van der Waals surface area contributed by atoms with E-state index < -0.39 is 0 Å². The molecule has 0 bridgehead atoms. The highest BCUT2D eigenvalue weighted by atomic mass is 35.5. The Morgan fingerprint density at radius 1 is 1.40 bits per heavy atom. The number of hydrogen-bond acceptors (Lipinski definition) is 3. The van der Waals surface area contributed by atoms with Crippen LogP contribution in [0.1, 0.15) is 25.7 Å². The summed E-state index contributed by atoms with van der Waals surface area (Å²) in [6, 6.07) is 9.68. The molecule has 0 saturated heterocycles. The monoisotopic (exact) mass is 309 g/mol. The van der Waals surface area contributed by atoms with Crippen LogP contribution in [0.15, 0.2) is 30.3 Å². The first-order valence-electron chi connectivity index (χ1n) is 6.21. The third-order valence-corrected chi connectivity index (χ3v) is 4.29. The number of ether oxygens (including phenoxy) is 1. The second kappa shape index (κ2) is 6.88. The van der Waals surface area contributed by atoms with E-state index in [1.165, 1.54) is 11.3 Å². The highest BCUT2D eigenvalue weighted by Crippen LogP contribution is 2.26. The van der Waals surface area contributed by atoms with Gasteiger partial charge >= 0.3 is 0 Å². The zero-order valence-corrected chi connectivity index (χ0v) is 13.0. The number of rotatable bonds is 5. The Bertz CT molecular complexity index is 610. The number of carbonyl (C=O) groups excluding carboxylic acids is 1. The standard InChI is InChI=1S/C15H16ClNO2S/c1-17-15(18)13-8-11(14(20-13)9-19-2)6-10-4-3-5-12(16)7-10/h3-5,7-8H,6,9H2,1-2H3,(H,17,18). The van der Waals surface area contributed by atoms with Crippen molar-refractivity contribution in [1.29, 1.82) is 0 Å². The van der Waals surface area contributed by atoms with Crippen molar-refractivity contribution in [2.75, 3.05) is 14.2 Å². The number of benzene rings is 1. The number of nitrogens with one attached hydrogen (secondary N) is 1. The first kappa shape index (κ1) is 15.0. The lowest BCUT2D eigenvalue weighted by molar-refractivity contribution is 0.0967. The van der Waals surface area contributed by atoms with Gasteiger partial charge in [-0.15, -0.1) is 11.3 Å². The number of hydrogen-bond donors (Lipinski definition) is 1. The number of methoxy groups -OCH3 is 1. The summed E-state index contributed by atoms with van der Waals surface area (Å²) in [6.45, 7) is 0.511.